The van der Waals surface area contributed by atoms with Gasteiger partial charge in [0.2, 0.25) is 5.88 Å². The number of aromatic nitrogens is 1. The summed E-state index contributed by atoms with van der Waals surface area (Å²) in [7, 11) is 0. The Morgan fingerprint density at radius 3 is 2.57 bits per heavy atom. The minimum Gasteiger partial charge on any atom is -0.478 e. The number of hydrogen-bond donors (Lipinski definition) is 1. The van der Waals surface area contributed by atoms with Crippen molar-refractivity contribution in [2.45, 2.75) is 0 Å². The Balaban J connectivity index is 2.44. The maximum Gasteiger partial charge on any atom is 0.339 e. The van der Waals surface area contributed by atoms with Gasteiger partial charge in [0.1, 0.15) is 27.6 Å². The lowest BCUT2D eigenvalue weighted by atomic mass is 10.2. The lowest BCUT2D eigenvalue weighted by Gasteiger charge is -2.09. The van der Waals surface area contributed by atoms with Crippen LogP contribution >= 0.6 is 23.2 Å². The van der Waals surface area contributed by atoms with Gasteiger partial charge in [-0.3, -0.25) is 10.1 Å². The van der Waals surface area contributed by atoms with E-state index in [2.05, 4.69) is 4.98 Å². The number of nitrogens with zero attached hydrogens (tertiary/aromatic N) is 2. The van der Waals surface area contributed by atoms with E-state index in [1.807, 2.05) is 0 Å². The predicted molar refractivity (Wildman–Crippen MR) is 74.4 cm³/mol. The van der Waals surface area contributed by atoms with Crippen LogP contribution in [0.4, 0.5) is 5.69 Å². The number of para-hydroxylation sites is 1. The van der Waals surface area contributed by atoms with E-state index in [1.165, 1.54) is 18.2 Å². The second-order valence-electron chi connectivity index (χ2n) is 3.74. The van der Waals surface area contributed by atoms with Crippen LogP contribution in [-0.2, 0) is 0 Å². The molecule has 2 rings (SSSR count). The number of carboxylic acid groups (broad SMARTS) is 1. The van der Waals surface area contributed by atoms with Crippen molar-refractivity contribution in [3.8, 4) is 11.6 Å². The summed E-state index contributed by atoms with van der Waals surface area (Å²) in [6.07, 6.45) is 0.882. The standard InChI is InChI=1S/C12H6Cl2N2O5/c13-9-7(16(19)20)5-15-11(10(9)14)21-8-4-2-1-3-6(8)12(17)18/h1-5H,(H,17,18). The Bertz CT molecular complexity index is 736. The van der Waals surface area contributed by atoms with E-state index in [0.29, 0.717) is 0 Å². The number of halogens is 2. The number of rotatable bonds is 4. The van der Waals surface area contributed by atoms with E-state index in [0.717, 1.165) is 6.20 Å². The minimum absolute atomic E-state index is 0.00989. The number of nitro groups is 1. The van der Waals surface area contributed by atoms with Gasteiger partial charge in [-0.15, -0.1) is 0 Å². The molecule has 0 fully saturated rings. The van der Waals surface area contributed by atoms with E-state index in [-0.39, 0.29) is 27.2 Å². The van der Waals surface area contributed by atoms with Crippen molar-refractivity contribution in [3.05, 3.63) is 56.2 Å². The molecule has 0 unspecified atom stereocenters. The molecule has 0 saturated carbocycles. The molecule has 0 atom stereocenters. The summed E-state index contributed by atoms with van der Waals surface area (Å²) < 4.78 is 5.29. The van der Waals surface area contributed by atoms with Gasteiger partial charge in [0, 0.05) is 0 Å². The second-order valence-corrected chi connectivity index (χ2v) is 4.49. The number of benzene rings is 1. The van der Waals surface area contributed by atoms with Crippen molar-refractivity contribution < 1.29 is 19.6 Å². The topological polar surface area (TPSA) is 103 Å². The summed E-state index contributed by atoms with van der Waals surface area (Å²) >= 11 is 11.6. The smallest absolute Gasteiger partial charge is 0.339 e. The SMILES string of the molecule is O=C(O)c1ccccc1Oc1ncc([N+](=O)[O-])c(Cl)c1Cl. The normalized spacial score (nSPS) is 10.2. The zero-order valence-corrected chi connectivity index (χ0v) is 11.6. The Morgan fingerprint density at radius 1 is 1.29 bits per heavy atom. The highest BCUT2D eigenvalue weighted by Gasteiger charge is 2.22. The summed E-state index contributed by atoms with van der Waals surface area (Å²) in [5.41, 5.74) is -0.578. The fourth-order valence-corrected chi connectivity index (χ4v) is 1.86. The highest BCUT2D eigenvalue weighted by Crippen LogP contribution is 2.38. The average molecular weight is 329 g/mol. The first-order valence-electron chi connectivity index (χ1n) is 5.40. The number of hydrogen-bond acceptors (Lipinski definition) is 5. The zero-order valence-electron chi connectivity index (χ0n) is 10.1. The van der Waals surface area contributed by atoms with E-state index in [4.69, 9.17) is 33.0 Å². The molecule has 0 aliphatic heterocycles. The third-order valence-corrected chi connectivity index (χ3v) is 3.26. The van der Waals surface area contributed by atoms with Gasteiger partial charge in [0.15, 0.2) is 0 Å². The molecule has 1 aromatic carbocycles. The summed E-state index contributed by atoms with van der Waals surface area (Å²) in [4.78, 5) is 24.7. The molecular formula is C12H6Cl2N2O5. The summed E-state index contributed by atoms with van der Waals surface area (Å²) in [6, 6.07) is 5.81. The van der Waals surface area contributed by atoms with Gasteiger partial charge in [-0.2, -0.15) is 0 Å². The Hall–Kier alpha value is -2.38. The molecule has 0 bridgehead atoms. The van der Waals surface area contributed by atoms with Crippen molar-refractivity contribution in [1.82, 2.24) is 4.98 Å². The van der Waals surface area contributed by atoms with E-state index in [9.17, 15) is 14.9 Å². The lowest BCUT2D eigenvalue weighted by Crippen LogP contribution is -2.01. The monoisotopic (exact) mass is 328 g/mol. The quantitative estimate of drug-likeness (QED) is 0.676. The Kier molecular flexibility index (Phi) is 4.25. The number of carboxylic acids is 1. The lowest BCUT2D eigenvalue weighted by molar-refractivity contribution is -0.385. The van der Waals surface area contributed by atoms with Crippen LogP contribution in [-0.4, -0.2) is 21.0 Å². The van der Waals surface area contributed by atoms with Gasteiger partial charge in [-0.25, -0.2) is 9.78 Å². The molecular weight excluding hydrogens is 323 g/mol. The van der Waals surface area contributed by atoms with Crippen LogP contribution in [0.3, 0.4) is 0 Å². The number of pyridine rings is 1. The molecule has 9 heteroatoms. The number of aromatic carboxylic acids is 1. The Morgan fingerprint density at radius 2 is 1.95 bits per heavy atom. The molecule has 0 aliphatic rings. The molecule has 1 N–H and O–H groups in total. The largest absolute Gasteiger partial charge is 0.478 e. The highest BCUT2D eigenvalue weighted by molar-refractivity contribution is 6.44. The van der Waals surface area contributed by atoms with Crippen molar-refractivity contribution in [3.63, 3.8) is 0 Å². The first-order chi connectivity index (χ1) is 9.91. The fraction of sp³-hybridized carbons (Fsp3) is 0. The van der Waals surface area contributed by atoms with Crippen molar-refractivity contribution in [2.75, 3.05) is 0 Å². The molecule has 2 aromatic rings. The Labute approximate surface area is 127 Å². The average Bonchev–Trinajstić information content (AvgIpc) is 2.44. The van der Waals surface area contributed by atoms with Crippen molar-refractivity contribution in [2.24, 2.45) is 0 Å². The molecule has 0 saturated heterocycles. The molecule has 1 aromatic heterocycles. The van der Waals surface area contributed by atoms with E-state index in [1.54, 1.807) is 6.07 Å². The molecule has 108 valence electrons. The van der Waals surface area contributed by atoms with Crippen LogP contribution < -0.4 is 4.74 Å². The van der Waals surface area contributed by atoms with Crippen LogP contribution in [0.25, 0.3) is 0 Å². The van der Waals surface area contributed by atoms with E-state index >= 15 is 0 Å². The number of carbonyl (C=O) groups is 1. The molecule has 0 radical (unpaired) electrons. The van der Waals surface area contributed by atoms with Crippen molar-refractivity contribution in [1.29, 1.82) is 0 Å². The minimum atomic E-state index is -1.20. The maximum atomic E-state index is 11.1. The van der Waals surface area contributed by atoms with Crippen LogP contribution in [0.1, 0.15) is 10.4 Å². The third kappa shape index (κ3) is 3.04. The predicted octanol–water partition coefficient (Wildman–Crippen LogP) is 3.79. The van der Waals surface area contributed by atoms with Crippen molar-refractivity contribution >= 4 is 34.9 Å². The third-order valence-electron chi connectivity index (χ3n) is 2.43. The number of ether oxygens (including phenoxy) is 1. The van der Waals surface area contributed by atoms with Crippen LogP contribution in [0.2, 0.25) is 10.0 Å². The van der Waals surface area contributed by atoms with Gasteiger partial charge in [0.25, 0.3) is 0 Å². The fourth-order valence-electron chi connectivity index (χ4n) is 1.47. The van der Waals surface area contributed by atoms with Gasteiger partial charge >= 0.3 is 11.7 Å². The summed E-state index contributed by atoms with van der Waals surface area (Å²) in [6.45, 7) is 0. The second kappa shape index (κ2) is 5.94. The first-order valence-corrected chi connectivity index (χ1v) is 6.16. The maximum absolute atomic E-state index is 11.1. The van der Waals surface area contributed by atoms with Gasteiger partial charge < -0.3 is 9.84 Å². The van der Waals surface area contributed by atoms with Gasteiger partial charge in [-0.1, -0.05) is 35.3 Å². The molecule has 0 amide bonds. The van der Waals surface area contributed by atoms with Crippen LogP contribution in [0.15, 0.2) is 30.5 Å². The van der Waals surface area contributed by atoms with Crippen LogP contribution in [0, 0.1) is 10.1 Å². The first kappa shape index (κ1) is 15.0. The molecule has 0 aliphatic carbocycles. The summed E-state index contributed by atoms with van der Waals surface area (Å²) in [5, 5.41) is 19.1. The zero-order chi connectivity index (χ0) is 15.6. The van der Waals surface area contributed by atoms with E-state index < -0.39 is 16.6 Å². The molecule has 0 spiro atoms. The van der Waals surface area contributed by atoms with Gasteiger partial charge in [0.05, 0.1) is 4.92 Å². The summed E-state index contributed by atoms with van der Waals surface area (Å²) in [5.74, 6) is -1.43. The molecule has 21 heavy (non-hydrogen) atoms. The highest BCUT2D eigenvalue weighted by atomic mass is 35.5. The molecule has 7 nitrogen and oxygen atoms in total. The van der Waals surface area contributed by atoms with Gasteiger partial charge in [-0.05, 0) is 12.1 Å². The van der Waals surface area contributed by atoms with Crippen LogP contribution in [0.5, 0.6) is 11.6 Å². The molecule has 1 heterocycles.